The molecular weight excluding hydrogens is 274 g/mol. The number of aromatic nitrogens is 2. The molecule has 1 aliphatic heterocycles. The van der Waals surface area contributed by atoms with E-state index in [9.17, 15) is 4.79 Å². The summed E-state index contributed by atoms with van der Waals surface area (Å²) in [6.45, 7) is 1.30. The van der Waals surface area contributed by atoms with E-state index in [0.29, 0.717) is 12.6 Å². The van der Waals surface area contributed by atoms with Crippen LogP contribution in [0.15, 0.2) is 49.1 Å². The molecule has 0 spiro atoms. The van der Waals surface area contributed by atoms with Crippen molar-refractivity contribution >= 4 is 5.91 Å². The number of aryl methyl sites for hydroxylation is 1. The molecule has 3 rings (SSSR count). The first-order chi connectivity index (χ1) is 10.8. The van der Waals surface area contributed by atoms with Crippen LogP contribution in [-0.4, -0.2) is 32.9 Å². The quantitative estimate of drug-likeness (QED) is 0.851. The van der Waals surface area contributed by atoms with Crippen molar-refractivity contribution in [1.29, 1.82) is 0 Å². The van der Waals surface area contributed by atoms with Gasteiger partial charge in [-0.2, -0.15) is 0 Å². The van der Waals surface area contributed by atoms with Gasteiger partial charge in [-0.25, -0.2) is 4.98 Å². The van der Waals surface area contributed by atoms with E-state index in [1.165, 1.54) is 12.0 Å². The van der Waals surface area contributed by atoms with E-state index in [1.54, 1.807) is 12.5 Å². The molecule has 1 amide bonds. The predicted molar refractivity (Wildman–Crippen MR) is 86.3 cm³/mol. The van der Waals surface area contributed by atoms with Gasteiger partial charge in [0.05, 0.1) is 6.33 Å². The number of hydrogen-bond donors (Lipinski definition) is 0. The highest BCUT2D eigenvalue weighted by molar-refractivity contribution is 5.76. The van der Waals surface area contributed by atoms with Crippen molar-refractivity contribution in [1.82, 2.24) is 14.5 Å². The molecule has 1 saturated heterocycles. The largest absolute Gasteiger partial charge is 0.338 e. The Labute approximate surface area is 131 Å². The van der Waals surface area contributed by atoms with Crippen LogP contribution in [0.25, 0.3) is 0 Å². The lowest BCUT2D eigenvalue weighted by atomic mass is 9.95. The second-order valence-electron chi connectivity index (χ2n) is 6.00. The highest BCUT2D eigenvalue weighted by Gasteiger charge is 2.26. The third-order valence-electron chi connectivity index (χ3n) is 4.43. The molecule has 1 aromatic carbocycles. The maximum absolute atomic E-state index is 12.6. The lowest BCUT2D eigenvalue weighted by molar-refractivity contribution is -0.135. The third kappa shape index (κ3) is 3.75. The molecule has 4 nitrogen and oxygen atoms in total. The summed E-state index contributed by atoms with van der Waals surface area (Å²) >= 11 is 0. The van der Waals surface area contributed by atoms with E-state index in [-0.39, 0.29) is 5.91 Å². The molecule has 116 valence electrons. The number of carbonyl (C=O) groups is 1. The zero-order chi connectivity index (χ0) is 15.2. The van der Waals surface area contributed by atoms with Crippen molar-refractivity contribution in [3.05, 3.63) is 54.6 Å². The zero-order valence-electron chi connectivity index (χ0n) is 12.9. The predicted octanol–water partition coefficient (Wildman–Crippen LogP) is 2.90. The number of carbonyl (C=O) groups excluding carboxylic acids is 1. The SMILES string of the molecule is O=C(Cn1ccnc1)N1CCCC[C@@H]1CCc1ccccc1. The molecule has 0 N–H and O–H groups in total. The van der Waals surface area contributed by atoms with Crippen molar-refractivity contribution in [3.8, 4) is 0 Å². The van der Waals surface area contributed by atoms with Crippen LogP contribution in [0, 0.1) is 0 Å². The number of piperidine rings is 1. The fourth-order valence-electron chi connectivity index (χ4n) is 3.23. The Hall–Kier alpha value is -2.10. The van der Waals surface area contributed by atoms with Crippen LogP contribution in [0.5, 0.6) is 0 Å². The summed E-state index contributed by atoms with van der Waals surface area (Å²) in [5.41, 5.74) is 1.36. The van der Waals surface area contributed by atoms with E-state index in [1.807, 2.05) is 16.8 Å². The topological polar surface area (TPSA) is 38.1 Å². The van der Waals surface area contributed by atoms with Gasteiger partial charge in [0.1, 0.15) is 6.54 Å². The van der Waals surface area contributed by atoms with E-state index < -0.39 is 0 Å². The highest BCUT2D eigenvalue weighted by atomic mass is 16.2. The monoisotopic (exact) mass is 297 g/mol. The summed E-state index contributed by atoms with van der Waals surface area (Å²) in [6.07, 6.45) is 10.9. The lowest BCUT2D eigenvalue weighted by Crippen LogP contribution is -2.45. The van der Waals surface area contributed by atoms with Crippen molar-refractivity contribution < 1.29 is 4.79 Å². The minimum Gasteiger partial charge on any atom is -0.338 e. The van der Waals surface area contributed by atoms with Gasteiger partial charge in [0.25, 0.3) is 0 Å². The Morgan fingerprint density at radius 2 is 2.09 bits per heavy atom. The molecule has 0 radical (unpaired) electrons. The Kier molecular flexibility index (Phi) is 4.88. The molecule has 0 saturated carbocycles. The second kappa shape index (κ2) is 7.25. The minimum atomic E-state index is 0.218. The first-order valence-electron chi connectivity index (χ1n) is 8.12. The molecule has 0 bridgehead atoms. The number of imidazole rings is 1. The fraction of sp³-hybridized carbons (Fsp3) is 0.444. The molecule has 0 aliphatic carbocycles. The molecule has 0 unspecified atom stereocenters. The molecule has 1 fully saturated rings. The van der Waals surface area contributed by atoms with Crippen molar-refractivity contribution in [2.45, 2.75) is 44.7 Å². The van der Waals surface area contributed by atoms with Gasteiger partial charge in [-0.3, -0.25) is 4.79 Å². The van der Waals surface area contributed by atoms with Crippen molar-refractivity contribution in [2.75, 3.05) is 6.54 Å². The maximum Gasteiger partial charge on any atom is 0.242 e. The first-order valence-corrected chi connectivity index (χ1v) is 8.12. The minimum absolute atomic E-state index is 0.218. The number of amides is 1. The van der Waals surface area contributed by atoms with Crippen LogP contribution in [0.1, 0.15) is 31.2 Å². The molecule has 2 heterocycles. The molecule has 22 heavy (non-hydrogen) atoms. The Morgan fingerprint density at radius 1 is 1.23 bits per heavy atom. The normalized spacial score (nSPS) is 18.4. The molecule has 1 aromatic heterocycles. The van der Waals surface area contributed by atoms with Gasteiger partial charge in [0, 0.05) is 25.0 Å². The number of rotatable bonds is 5. The molecule has 2 aromatic rings. The highest BCUT2D eigenvalue weighted by Crippen LogP contribution is 2.22. The van der Waals surface area contributed by atoms with E-state index >= 15 is 0 Å². The Balaban J connectivity index is 1.59. The van der Waals surface area contributed by atoms with Crippen LogP contribution in [0.3, 0.4) is 0 Å². The van der Waals surface area contributed by atoms with Gasteiger partial charge in [-0.1, -0.05) is 30.3 Å². The summed E-state index contributed by atoms with van der Waals surface area (Å²) in [5.74, 6) is 0.218. The average Bonchev–Trinajstić information content (AvgIpc) is 3.07. The van der Waals surface area contributed by atoms with Gasteiger partial charge in [0.15, 0.2) is 0 Å². The summed E-state index contributed by atoms with van der Waals surface area (Å²) < 4.78 is 1.85. The number of hydrogen-bond acceptors (Lipinski definition) is 2. The Bertz CT molecular complexity index is 580. The molecule has 4 heteroatoms. The summed E-state index contributed by atoms with van der Waals surface area (Å²) in [7, 11) is 0. The summed E-state index contributed by atoms with van der Waals surface area (Å²) in [6, 6.07) is 10.9. The van der Waals surface area contributed by atoms with Gasteiger partial charge in [-0.05, 0) is 37.7 Å². The van der Waals surface area contributed by atoms with Gasteiger partial charge >= 0.3 is 0 Å². The number of likely N-dealkylation sites (tertiary alicyclic amines) is 1. The van der Waals surface area contributed by atoms with Crippen molar-refractivity contribution in [2.24, 2.45) is 0 Å². The Morgan fingerprint density at radius 3 is 2.86 bits per heavy atom. The van der Waals surface area contributed by atoms with Crippen LogP contribution < -0.4 is 0 Å². The van der Waals surface area contributed by atoms with Gasteiger partial charge in [-0.15, -0.1) is 0 Å². The standard InChI is InChI=1S/C18H23N3O/c22-18(14-20-13-11-19-15-20)21-12-5-4-8-17(21)10-9-16-6-2-1-3-7-16/h1-3,6-7,11,13,15,17H,4-5,8-10,12,14H2/t17-/m1/s1. The molecule has 1 atom stereocenters. The third-order valence-corrected chi connectivity index (χ3v) is 4.43. The zero-order valence-corrected chi connectivity index (χ0v) is 12.9. The van der Waals surface area contributed by atoms with Crippen LogP contribution in [0.4, 0.5) is 0 Å². The van der Waals surface area contributed by atoms with Gasteiger partial charge in [0.2, 0.25) is 5.91 Å². The number of benzene rings is 1. The van der Waals surface area contributed by atoms with Crippen LogP contribution in [0.2, 0.25) is 0 Å². The smallest absolute Gasteiger partial charge is 0.242 e. The van der Waals surface area contributed by atoms with Gasteiger partial charge < -0.3 is 9.47 Å². The summed E-state index contributed by atoms with van der Waals surface area (Å²) in [5, 5.41) is 0. The number of nitrogens with zero attached hydrogens (tertiary/aromatic N) is 3. The van der Waals surface area contributed by atoms with Crippen LogP contribution >= 0.6 is 0 Å². The fourth-order valence-corrected chi connectivity index (χ4v) is 3.23. The first kappa shape index (κ1) is 14.8. The second-order valence-corrected chi connectivity index (χ2v) is 6.00. The lowest BCUT2D eigenvalue weighted by Gasteiger charge is -2.36. The van der Waals surface area contributed by atoms with Crippen molar-refractivity contribution in [3.63, 3.8) is 0 Å². The molecule has 1 aliphatic rings. The van der Waals surface area contributed by atoms with Crippen LogP contribution in [-0.2, 0) is 17.8 Å². The van der Waals surface area contributed by atoms with E-state index in [0.717, 1.165) is 32.2 Å². The maximum atomic E-state index is 12.6. The van der Waals surface area contributed by atoms with E-state index in [4.69, 9.17) is 0 Å². The molecular formula is C18H23N3O. The average molecular weight is 297 g/mol. The van der Waals surface area contributed by atoms with E-state index in [2.05, 4.69) is 34.1 Å². The summed E-state index contributed by atoms with van der Waals surface area (Å²) in [4.78, 5) is 18.7.